The van der Waals surface area contributed by atoms with E-state index in [4.69, 9.17) is 4.74 Å². The van der Waals surface area contributed by atoms with E-state index in [0.717, 1.165) is 12.0 Å². The number of aryl methyl sites for hydroxylation is 1. The highest BCUT2D eigenvalue weighted by atomic mass is 32.2. The van der Waals surface area contributed by atoms with Crippen molar-refractivity contribution in [2.75, 3.05) is 18.2 Å². The summed E-state index contributed by atoms with van der Waals surface area (Å²) in [6.07, 6.45) is 0.999. The molecule has 0 saturated carbocycles. The number of amides is 1. The van der Waals surface area contributed by atoms with Crippen molar-refractivity contribution in [3.8, 4) is 17.1 Å². The van der Waals surface area contributed by atoms with Gasteiger partial charge in [0, 0.05) is 5.56 Å². The number of rotatable bonds is 7. The summed E-state index contributed by atoms with van der Waals surface area (Å²) in [6.45, 7) is 2.12. The van der Waals surface area contributed by atoms with Gasteiger partial charge >= 0.3 is 0 Å². The Kier molecular flexibility index (Phi) is 5.91. The van der Waals surface area contributed by atoms with E-state index >= 15 is 0 Å². The second-order valence-electron chi connectivity index (χ2n) is 5.57. The van der Waals surface area contributed by atoms with E-state index in [9.17, 15) is 4.79 Å². The van der Waals surface area contributed by atoms with Gasteiger partial charge in [0.25, 0.3) is 0 Å². The lowest BCUT2D eigenvalue weighted by atomic mass is 10.1. The maximum Gasteiger partial charge on any atom is 0.234 e. The number of hydrogen-bond donors (Lipinski definition) is 2. The second kappa shape index (κ2) is 8.53. The average Bonchev–Trinajstić information content (AvgIpc) is 3.16. The van der Waals surface area contributed by atoms with E-state index < -0.39 is 0 Å². The summed E-state index contributed by atoms with van der Waals surface area (Å²) in [5.41, 5.74) is 2.89. The SMILES string of the molecule is CCc1ccc(-c2nnc(SCC(=O)Nc3ccccc3OC)[nH]2)cc1. The molecule has 134 valence electrons. The average molecular weight is 368 g/mol. The summed E-state index contributed by atoms with van der Waals surface area (Å²) in [4.78, 5) is 15.3. The summed E-state index contributed by atoms with van der Waals surface area (Å²) in [6, 6.07) is 15.5. The van der Waals surface area contributed by atoms with Crippen LogP contribution in [0.3, 0.4) is 0 Å². The number of para-hydroxylation sites is 2. The molecule has 1 heterocycles. The smallest absolute Gasteiger partial charge is 0.234 e. The summed E-state index contributed by atoms with van der Waals surface area (Å²) in [5, 5.41) is 11.7. The monoisotopic (exact) mass is 368 g/mol. The number of hydrogen-bond acceptors (Lipinski definition) is 5. The predicted molar refractivity (Wildman–Crippen MR) is 104 cm³/mol. The molecule has 0 aliphatic heterocycles. The van der Waals surface area contributed by atoms with E-state index in [1.807, 2.05) is 24.3 Å². The highest BCUT2D eigenvalue weighted by Crippen LogP contribution is 2.24. The first-order valence-corrected chi connectivity index (χ1v) is 9.26. The number of anilines is 1. The number of methoxy groups -OCH3 is 1. The molecule has 0 saturated heterocycles. The second-order valence-corrected chi connectivity index (χ2v) is 6.53. The summed E-state index contributed by atoms with van der Waals surface area (Å²) < 4.78 is 5.23. The van der Waals surface area contributed by atoms with Crippen LogP contribution in [-0.4, -0.2) is 34.0 Å². The molecule has 6 nitrogen and oxygen atoms in total. The van der Waals surface area contributed by atoms with Gasteiger partial charge in [0.05, 0.1) is 18.6 Å². The number of nitrogens with zero attached hydrogens (tertiary/aromatic N) is 2. The first-order chi connectivity index (χ1) is 12.7. The fourth-order valence-corrected chi connectivity index (χ4v) is 3.02. The van der Waals surface area contributed by atoms with E-state index in [-0.39, 0.29) is 11.7 Å². The summed E-state index contributed by atoms with van der Waals surface area (Å²) in [7, 11) is 1.57. The Balaban J connectivity index is 1.58. The third-order valence-corrected chi connectivity index (χ3v) is 4.69. The molecule has 0 fully saturated rings. The van der Waals surface area contributed by atoms with Crippen molar-refractivity contribution in [2.45, 2.75) is 18.5 Å². The van der Waals surface area contributed by atoms with Crippen LogP contribution in [0.2, 0.25) is 0 Å². The number of thioether (sulfide) groups is 1. The van der Waals surface area contributed by atoms with Crippen molar-refractivity contribution in [3.63, 3.8) is 0 Å². The Bertz CT molecular complexity index is 877. The fraction of sp³-hybridized carbons (Fsp3) is 0.211. The molecule has 1 aromatic heterocycles. The standard InChI is InChI=1S/C19H20N4O2S/c1-3-13-8-10-14(11-9-13)18-21-19(23-22-18)26-12-17(24)20-15-6-4-5-7-16(15)25-2/h4-11H,3,12H2,1-2H3,(H,20,24)(H,21,22,23). The number of carbonyl (C=O) groups excluding carboxylic acids is 1. The van der Waals surface area contributed by atoms with Crippen molar-refractivity contribution in [3.05, 3.63) is 54.1 Å². The van der Waals surface area contributed by atoms with Gasteiger partial charge in [0.1, 0.15) is 5.75 Å². The third-order valence-electron chi connectivity index (χ3n) is 3.82. The summed E-state index contributed by atoms with van der Waals surface area (Å²) in [5.74, 6) is 1.41. The largest absolute Gasteiger partial charge is 0.495 e. The number of carbonyl (C=O) groups is 1. The Morgan fingerprint density at radius 1 is 1.15 bits per heavy atom. The number of ether oxygens (including phenoxy) is 1. The first kappa shape index (κ1) is 18.0. The lowest BCUT2D eigenvalue weighted by molar-refractivity contribution is -0.113. The number of aromatic amines is 1. The van der Waals surface area contributed by atoms with Crippen LogP contribution in [0.25, 0.3) is 11.4 Å². The van der Waals surface area contributed by atoms with Crippen LogP contribution >= 0.6 is 11.8 Å². The van der Waals surface area contributed by atoms with Crippen molar-refractivity contribution < 1.29 is 9.53 Å². The fourth-order valence-electron chi connectivity index (χ4n) is 2.41. The molecule has 2 N–H and O–H groups in total. The zero-order valence-corrected chi connectivity index (χ0v) is 15.5. The van der Waals surface area contributed by atoms with Crippen molar-refractivity contribution in [2.24, 2.45) is 0 Å². The first-order valence-electron chi connectivity index (χ1n) is 8.27. The van der Waals surface area contributed by atoms with Gasteiger partial charge in [-0.05, 0) is 24.1 Å². The van der Waals surface area contributed by atoms with Gasteiger partial charge < -0.3 is 15.0 Å². The highest BCUT2D eigenvalue weighted by Gasteiger charge is 2.10. The Labute approximate surface area is 156 Å². The Hall–Kier alpha value is -2.80. The number of nitrogens with one attached hydrogen (secondary N) is 2. The molecule has 0 atom stereocenters. The normalized spacial score (nSPS) is 10.5. The topological polar surface area (TPSA) is 79.9 Å². The minimum atomic E-state index is -0.134. The minimum Gasteiger partial charge on any atom is -0.495 e. The number of aromatic nitrogens is 3. The molecule has 0 aliphatic rings. The van der Waals surface area contributed by atoms with Gasteiger partial charge in [0.15, 0.2) is 11.0 Å². The zero-order chi connectivity index (χ0) is 18.4. The molecule has 0 aliphatic carbocycles. The molecule has 0 spiro atoms. The van der Waals surface area contributed by atoms with Crippen molar-refractivity contribution in [1.82, 2.24) is 15.2 Å². The lowest BCUT2D eigenvalue weighted by Gasteiger charge is -2.08. The van der Waals surface area contributed by atoms with Crippen LogP contribution in [0.15, 0.2) is 53.7 Å². The quantitative estimate of drug-likeness (QED) is 0.621. The van der Waals surface area contributed by atoms with E-state index in [1.165, 1.54) is 17.3 Å². The molecule has 3 rings (SSSR count). The van der Waals surface area contributed by atoms with Gasteiger partial charge in [-0.1, -0.05) is 55.1 Å². The molecule has 0 radical (unpaired) electrons. The van der Waals surface area contributed by atoms with Crippen LogP contribution in [0.4, 0.5) is 5.69 Å². The summed E-state index contributed by atoms with van der Waals surface area (Å²) >= 11 is 1.30. The van der Waals surface area contributed by atoms with Crippen LogP contribution in [0.1, 0.15) is 12.5 Å². The van der Waals surface area contributed by atoms with Crippen molar-refractivity contribution in [1.29, 1.82) is 0 Å². The van der Waals surface area contributed by atoms with Gasteiger partial charge in [-0.2, -0.15) is 0 Å². The van der Waals surface area contributed by atoms with E-state index in [1.54, 1.807) is 19.2 Å². The minimum absolute atomic E-state index is 0.134. The Morgan fingerprint density at radius 2 is 1.92 bits per heavy atom. The lowest BCUT2D eigenvalue weighted by Crippen LogP contribution is -2.14. The zero-order valence-electron chi connectivity index (χ0n) is 14.7. The maximum atomic E-state index is 12.2. The van der Waals surface area contributed by atoms with Gasteiger partial charge in [-0.15, -0.1) is 10.2 Å². The molecule has 0 bridgehead atoms. The molecular weight excluding hydrogens is 348 g/mol. The maximum absolute atomic E-state index is 12.2. The van der Waals surface area contributed by atoms with Crippen LogP contribution in [0.5, 0.6) is 5.75 Å². The molecule has 2 aromatic carbocycles. The molecule has 26 heavy (non-hydrogen) atoms. The molecule has 3 aromatic rings. The van der Waals surface area contributed by atoms with E-state index in [2.05, 4.69) is 39.6 Å². The number of H-pyrrole nitrogens is 1. The number of benzene rings is 2. The van der Waals surface area contributed by atoms with Crippen LogP contribution in [-0.2, 0) is 11.2 Å². The third kappa shape index (κ3) is 4.43. The Morgan fingerprint density at radius 3 is 2.65 bits per heavy atom. The van der Waals surface area contributed by atoms with Gasteiger partial charge in [-0.3, -0.25) is 4.79 Å². The molecule has 7 heteroatoms. The molecule has 0 unspecified atom stereocenters. The van der Waals surface area contributed by atoms with Gasteiger partial charge in [-0.25, -0.2) is 0 Å². The van der Waals surface area contributed by atoms with Crippen molar-refractivity contribution >= 4 is 23.4 Å². The van der Waals surface area contributed by atoms with Crippen LogP contribution < -0.4 is 10.1 Å². The molecule has 1 amide bonds. The van der Waals surface area contributed by atoms with E-state index in [0.29, 0.717) is 22.4 Å². The predicted octanol–water partition coefficient (Wildman–Crippen LogP) is 3.77. The van der Waals surface area contributed by atoms with Crippen LogP contribution in [0, 0.1) is 0 Å². The highest BCUT2D eigenvalue weighted by molar-refractivity contribution is 7.99. The molecular formula is C19H20N4O2S. The van der Waals surface area contributed by atoms with Gasteiger partial charge in [0.2, 0.25) is 5.91 Å².